The summed E-state index contributed by atoms with van der Waals surface area (Å²) >= 11 is 0. The van der Waals surface area contributed by atoms with Crippen LogP contribution in [-0.2, 0) is 23.7 Å². The van der Waals surface area contributed by atoms with Gasteiger partial charge in [0.2, 0.25) is 23.6 Å². The van der Waals surface area contributed by atoms with Gasteiger partial charge in [-0.15, -0.1) is 20.4 Å². The second-order valence-electron chi connectivity index (χ2n) is 13.9. The fourth-order valence-corrected chi connectivity index (χ4v) is 5.37. The van der Waals surface area contributed by atoms with Crippen molar-refractivity contribution in [2.24, 2.45) is 0 Å². The number of benzene rings is 3. The van der Waals surface area contributed by atoms with E-state index in [1.165, 1.54) is 22.3 Å². The Morgan fingerprint density at radius 2 is 0.932 bits per heavy atom. The van der Waals surface area contributed by atoms with E-state index in [2.05, 4.69) is 112 Å². The van der Waals surface area contributed by atoms with Crippen LogP contribution in [0.5, 0.6) is 0 Å². The first-order valence-corrected chi connectivity index (χ1v) is 16.0. The van der Waals surface area contributed by atoms with E-state index in [4.69, 9.17) is 8.83 Å². The van der Waals surface area contributed by atoms with Crippen LogP contribution < -0.4 is 0 Å². The maximum atomic E-state index is 6.27. The van der Waals surface area contributed by atoms with Crippen LogP contribution in [0.25, 0.3) is 45.8 Å². The molecule has 230 valence electrons. The van der Waals surface area contributed by atoms with E-state index in [0.717, 1.165) is 60.8 Å². The van der Waals surface area contributed by atoms with Crippen LogP contribution in [0.3, 0.4) is 0 Å². The Morgan fingerprint density at radius 1 is 0.523 bits per heavy atom. The van der Waals surface area contributed by atoms with E-state index in [1.54, 1.807) is 0 Å². The molecule has 0 saturated heterocycles. The molecule has 2 aromatic heterocycles. The van der Waals surface area contributed by atoms with Gasteiger partial charge in [0.25, 0.3) is 0 Å². The van der Waals surface area contributed by atoms with E-state index in [1.807, 2.05) is 24.3 Å². The lowest BCUT2D eigenvalue weighted by Gasteiger charge is -2.21. The molecule has 2 heterocycles. The second kappa shape index (κ2) is 12.9. The summed E-state index contributed by atoms with van der Waals surface area (Å²) in [7, 11) is 0. The zero-order chi connectivity index (χ0) is 31.5. The van der Waals surface area contributed by atoms with Gasteiger partial charge in [-0.3, -0.25) is 0 Å². The SMILES string of the molecule is CCCCc1cc(C(C)(C)C)ccc1-c1nnc(-c2cccc(-c3nnc(-c4ccc(C(C)(C)C)cc4CCCC)o3)c2)o1. The zero-order valence-corrected chi connectivity index (χ0v) is 27.6. The molecule has 6 heteroatoms. The van der Waals surface area contributed by atoms with Crippen LogP contribution >= 0.6 is 0 Å². The number of aromatic nitrogens is 4. The standard InChI is InChI=1S/C38H46N4O2/c1-9-11-14-25-23-29(37(3,4)5)18-20-31(25)35-41-39-33(43-35)27-16-13-17-28(22-27)34-40-42-36(44-34)32-21-19-30(38(6,7)8)24-26(32)15-12-10-2/h13,16-24H,9-12,14-15H2,1-8H3. The number of aryl methyl sites for hydroxylation is 2. The average molecular weight is 591 g/mol. The van der Waals surface area contributed by atoms with Crippen molar-refractivity contribution in [2.75, 3.05) is 0 Å². The van der Waals surface area contributed by atoms with Crippen molar-refractivity contribution in [1.82, 2.24) is 20.4 Å². The summed E-state index contributed by atoms with van der Waals surface area (Å²) < 4.78 is 12.5. The number of unbranched alkanes of at least 4 members (excludes halogenated alkanes) is 2. The molecule has 0 spiro atoms. The first-order valence-electron chi connectivity index (χ1n) is 16.0. The third-order valence-electron chi connectivity index (χ3n) is 8.21. The molecule has 0 saturated carbocycles. The van der Waals surface area contributed by atoms with Gasteiger partial charge in [0.1, 0.15) is 0 Å². The Balaban J connectivity index is 1.44. The summed E-state index contributed by atoms with van der Waals surface area (Å²) in [5.41, 5.74) is 8.86. The Hall–Kier alpha value is -4.06. The van der Waals surface area contributed by atoms with Gasteiger partial charge in [-0.1, -0.05) is 98.6 Å². The van der Waals surface area contributed by atoms with Crippen LogP contribution in [0.15, 0.2) is 69.5 Å². The zero-order valence-electron chi connectivity index (χ0n) is 27.6. The molecule has 0 N–H and O–H groups in total. The van der Waals surface area contributed by atoms with Gasteiger partial charge in [-0.2, -0.15) is 0 Å². The summed E-state index contributed by atoms with van der Waals surface area (Å²) in [6.07, 6.45) is 6.41. The minimum atomic E-state index is 0.0709. The molecule has 44 heavy (non-hydrogen) atoms. The minimum Gasteiger partial charge on any atom is -0.416 e. The summed E-state index contributed by atoms with van der Waals surface area (Å²) in [5.74, 6) is 2.00. The van der Waals surface area contributed by atoms with Gasteiger partial charge < -0.3 is 8.83 Å². The second-order valence-corrected chi connectivity index (χ2v) is 13.9. The molecule has 0 unspecified atom stereocenters. The molecule has 5 aromatic rings. The van der Waals surface area contributed by atoms with Crippen LogP contribution in [-0.4, -0.2) is 20.4 Å². The molecule has 0 aliphatic carbocycles. The minimum absolute atomic E-state index is 0.0709. The van der Waals surface area contributed by atoms with Crippen molar-refractivity contribution in [3.8, 4) is 45.8 Å². The third-order valence-corrected chi connectivity index (χ3v) is 8.21. The molecule has 3 aromatic carbocycles. The van der Waals surface area contributed by atoms with Gasteiger partial charge in [-0.25, -0.2) is 0 Å². The molecular formula is C38H46N4O2. The van der Waals surface area contributed by atoms with Crippen molar-refractivity contribution < 1.29 is 8.83 Å². The van der Waals surface area contributed by atoms with Gasteiger partial charge in [0.15, 0.2) is 0 Å². The summed E-state index contributed by atoms with van der Waals surface area (Å²) in [6, 6.07) is 21.0. The van der Waals surface area contributed by atoms with E-state index >= 15 is 0 Å². The van der Waals surface area contributed by atoms with Gasteiger partial charge in [-0.05, 0) is 89.1 Å². The smallest absolute Gasteiger partial charge is 0.248 e. The average Bonchev–Trinajstić information content (AvgIpc) is 3.69. The fourth-order valence-electron chi connectivity index (χ4n) is 5.37. The largest absolute Gasteiger partial charge is 0.416 e. The van der Waals surface area contributed by atoms with Crippen molar-refractivity contribution in [3.63, 3.8) is 0 Å². The predicted molar refractivity (Wildman–Crippen MR) is 179 cm³/mol. The monoisotopic (exact) mass is 590 g/mol. The van der Waals surface area contributed by atoms with E-state index < -0.39 is 0 Å². The number of hydrogen-bond acceptors (Lipinski definition) is 6. The Bertz CT molecular complexity index is 1590. The highest BCUT2D eigenvalue weighted by molar-refractivity contribution is 5.68. The molecule has 0 aliphatic rings. The van der Waals surface area contributed by atoms with Crippen molar-refractivity contribution in [2.45, 2.75) is 105 Å². The molecular weight excluding hydrogens is 544 g/mol. The van der Waals surface area contributed by atoms with Crippen molar-refractivity contribution in [3.05, 3.63) is 82.9 Å². The lowest BCUT2D eigenvalue weighted by Crippen LogP contribution is -2.11. The van der Waals surface area contributed by atoms with E-state index in [0.29, 0.717) is 23.6 Å². The summed E-state index contributed by atoms with van der Waals surface area (Å²) in [4.78, 5) is 0. The molecule has 0 radical (unpaired) electrons. The Labute approximate surface area is 262 Å². The number of rotatable bonds is 10. The molecule has 6 nitrogen and oxygen atoms in total. The topological polar surface area (TPSA) is 77.8 Å². The van der Waals surface area contributed by atoms with Gasteiger partial charge >= 0.3 is 0 Å². The molecule has 0 atom stereocenters. The maximum Gasteiger partial charge on any atom is 0.248 e. The Kier molecular flexibility index (Phi) is 9.19. The highest BCUT2D eigenvalue weighted by Crippen LogP contribution is 2.34. The lowest BCUT2D eigenvalue weighted by molar-refractivity contribution is 0.578. The number of hydrogen-bond donors (Lipinski definition) is 0. The third kappa shape index (κ3) is 7.01. The highest BCUT2D eigenvalue weighted by Gasteiger charge is 2.21. The van der Waals surface area contributed by atoms with Crippen molar-refractivity contribution >= 4 is 0 Å². The van der Waals surface area contributed by atoms with Gasteiger partial charge in [0, 0.05) is 22.3 Å². The number of nitrogens with zero attached hydrogens (tertiary/aromatic N) is 4. The first kappa shape index (κ1) is 31.4. The van der Waals surface area contributed by atoms with Gasteiger partial charge in [0.05, 0.1) is 0 Å². The summed E-state index contributed by atoms with van der Waals surface area (Å²) in [5, 5.41) is 17.8. The molecule has 0 bridgehead atoms. The first-order chi connectivity index (χ1) is 21.0. The van der Waals surface area contributed by atoms with Crippen LogP contribution in [0.1, 0.15) is 103 Å². The van der Waals surface area contributed by atoms with Crippen LogP contribution in [0, 0.1) is 0 Å². The summed E-state index contributed by atoms with van der Waals surface area (Å²) in [6.45, 7) is 17.9. The van der Waals surface area contributed by atoms with E-state index in [9.17, 15) is 0 Å². The lowest BCUT2D eigenvalue weighted by atomic mass is 9.84. The van der Waals surface area contributed by atoms with E-state index in [-0.39, 0.29) is 10.8 Å². The molecule has 0 fully saturated rings. The fraction of sp³-hybridized carbons (Fsp3) is 0.421. The molecule has 0 amide bonds. The van der Waals surface area contributed by atoms with Crippen LogP contribution in [0.2, 0.25) is 0 Å². The molecule has 5 rings (SSSR count). The van der Waals surface area contributed by atoms with Crippen molar-refractivity contribution in [1.29, 1.82) is 0 Å². The highest BCUT2D eigenvalue weighted by atomic mass is 16.4. The quantitative estimate of drug-likeness (QED) is 0.161. The Morgan fingerprint density at radius 3 is 1.32 bits per heavy atom. The predicted octanol–water partition coefficient (Wildman–Crippen LogP) is 10.4. The molecule has 0 aliphatic heterocycles. The maximum absolute atomic E-state index is 6.27. The normalized spacial score (nSPS) is 12.2. The van der Waals surface area contributed by atoms with Crippen LogP contribution in [0.4, 0.5) is 0 Å².